The number of nitrogens with zero attached hydrogens (tertiary/aromatic N) is 1. The molecule has 1 amide bonds. The number of ether oxygens (including phenoxy) is 2. The van der Waals surface area contributed by atoms with Gasteiger partial charge in [-0.25, -0.2) is 0 Å². The van der Waals surface area contributed by atoms with E-state index in [0.29, 0.717) is 22.6 Å². The van der Waals surface area contributed by atoms with E-state index in [2.05, 4.69) is 0 Å². The van der Waals surface area contributed by atoms with Crippen LogP contribution in [-0.2, 0) is 17.3 Å². The highest BCUT2D eigenvalue weighted by atomic mass is 19.3. The van der Waals surface area contributed by atoms with E-state index in [0.717, 1.165) is 0 Å². The second kappa shape index (κ2) is 6.35. The van der Waals surface area contributed by atoms with Crippen LogP contribution in [-0.4, -0.2) is 25.0 Å². The number of carbonyl (C=O) groups excluding carboxylic acids is 1. The van der Waals surface area contributed by atoms with E-state index in [1.54, 1.807) is 37.3 Å². The first kappa shape index (κ1) is 17.2. The molecule has 0 spiro atoms. The lowest BCUT2D eigenvalue weighted by Crippen LogP contribution is -2.47. The van der Waals surface area contributed by atoms with Gasteiger partial charge in [0.2, 0.25) is 0 Å². The Morgan fingerprint density at radius 1 is 1.12 bits per heavy atom. The van der Waals surface area contributed by atoms with Crippen molar-refractivity contribution in [2.45, 2.75) is 25.4 Å². The second-order valence-electron chi connectivity index (χ2n) is 5.95. The Morgan fingerprint density at radius 2 is 1.84 bits per heavy atom. The molecule has 0 saturated carbocycles. The summed E-state index contributed by atoms with van der Waals surface area (Å²) >= 11 is 0. The van der Waals surface area contributed by atoms with Gasteiger partial charge in [0.05, 0.1) is 26.8 Å². The summed E-state index contributed by atoms with van der Waals surface area (Å²) in [6.45, 7) is 1.78. The molecule has 132 valence electrons. The second-order valence-corrected chi connectivity index (χ2v) is 5.95. The maximum absolute atomic E-state index is 14.6. The first-order valence-electron chi connectivity index (χ1n) is 7.89. The van der Waals surface area contributed by atoms with Crippen LogP contribution < -0.4 is 9.47 Å². The minimum atomic E-state index is -3.54. The van der Waals surface area contributed by atoms with Gasteiger partial charge in [-0.3, -0.25) is 4.79 Å². The van der Waals surface area contributed by atoms with Gasteiger partial charge in [-0.2, -0.15) is 8.78 Å². The molecule has 0 bridgehead atoms. The average molecular weight is 347 g/mol. The molecule has 4 nitrogen and oxygen atoms in total. The predicted molar refractivity (Wildman–Crippen MR) is 88.8 cm³/mol. The number of alkyl halides is 2. The van der Waals surface area contributed by atoms with Gasteiger partial charge in [0, 0.05) is 17.2 Å². The van der Waals surface area contributed by atoms with E-state index in [-0.39, 0.29) is 12.1 Å². The Labute approximate surface area is 145 Å². The molecule has 1 atom stereocenters. The molecule has 1 unspecified atom stereocenters. The van der Waals surface area contributed by atoms with Crippen LogP contribution in [0.4, 0.5) is 8.78 Å². The Balaban J connectivity index is 2.00. The topological polar surface area (TPSA) is 38.8 Å². The number of rotatable bonds is 4. The lowest BCUT2D eigenvalue weighted by molar-refractivity contribution is -0.165. The molecule has 1 aliphatic heterocycles. The summed E-state index contributed by atoms with van der Waals surface area (Å²) in [5, 5.41) is 0. The summed E-state index contributed by atoms with van der Waals surface area (Å²) in [4.78, 5) is 13.6. The molecule has 1 heterocycles. The fourth-order valence-electron chi connectivity index (χ4n) is 3.16. The largest absolute Gasteiger partial charge is 0.497 e. The van der Waals surface area contributed by atoms with Gasteiger partial charge in [0.15, 0.2) is 0 Å². The highest BCUT2D eigenvalue weighted by Gasteiger charge is 2.51. The van der Waals surface area contributed by atoms with Gasteiger partial charge in [0.1, 0.15) is 11.5 Å². The fourth-order valence-corrected chi connectivity index (χ4v) is 3.16. The van der Waals surface area contributed by atoms with Gasteiger partial charge in [-0.1, -0.05) is 24.3 Å². The van der Waals surface area contributed by atoms with E-state index in [9.17, 15) is 13.6 Å². The SMILES string of the molecule is COc1ccc(CN2C(=O)C(F)(F)c3ccccc3C2C)c(OC)c1. The molecule has 0 radical (unpaired) electrons. The monoisotopic (exact) mass is 347 g/mol. The quantitative estimate of drug-likeness (QED) is 0.842. The van der Waals surface area contributed by atoms with Gasteiger partial charge >= 0.3 is 5.92 Å². The molecule has 0 aliphatic carbocycles. The lowest BCUT2D eigenvalue weighted by Gasteiger charge is -2.39. The Kier molecular flexibility index (Phi) is 4.37. The molecule has 0 N–H and O–H groups in total. The van der Waals surface area contributed by atoms with Gasteiger partial charge in [0.25, 0.3) is 5.91 Å². The first-order chi connectivity index (χ1) is 11.9. The Morgan fingerprint density at radius 3 is 2.52 bits per heavy atom. The van der Waals surface area contributed by atoms with Crippen molar-refractivity contribution in [2.24, 2.45) is 0 Å². The van der Waals surface area contributed by atoms with E-state index in [1.807, 2.05) is 0 Å². The zero-order valence-electron chi connectivity index (χ0n) is 14.3. The summed E-state index contributed by atoms with van der Waals surface area (Å²) in [5.74, 6) is -3.66. The van der Waals surface area contributed by atoms with Gasteiger partial charge in [-0.05, 0) is 24.6 Å². The number of hydrogen-bond donors (Lipinski definition) is 0. The fraction of sp³-hybridized carbons (Fsp3) is 0.316. The minimum Gasteiger partial charge on any atom is -0.497 e. The maximum Gasteiger partial charge on any atom is 0.350 e. The predicted octanol–water partition coefficient (Wildman–Crippen LogP) is 3.90. The van der Waals surface area contributed by atoms with E-state index < -0.39 is 17.9 Å². The smallest absolute Gasteiger partial charge is 0.350 e. The highest BCUT2D eigenvalue weighted by Crippen LogP contribution is 2.43. The van der Waals surface area contributed by atoms with Crippen LogP contribution in [0.2, 0.25) is 0 Å². The van der Waals surface area contributed by atoms with Crippen LogP contribution in [0.25, 0.3) is 0 Å². The normalized spacial score (nSPS) is 18.7. The number of hydrogen-bond acceptors (Lipinski definition) is 3. The van der Waals surface area contributed by atoms with Crippen molar-refractivity contribution < 1.29 is 23.0 Å². The Bertz CT molecular complexity index is 807. The third kappa shape index (κ3) is 2.81. The van der Waals surface area contributed by atoms with E-state index >= 15 is 0 Å². The molecular weight excluding hydrogens is 328 g/mol. The van der Waals surface area contributed by atoms with E-state index in [4.69, 9.17) is 9.47 Å². The summed E-state index contributed by atoms with van der Waals surface area (Å²) < 4.78 is 39.6. The molecule has 25 heavy (non-hydrogen) atoms. The van der Waals surface area contributed by atoms with Crippen molar-refractivity contribution in [3.63, 3.8) is 0 Å². The number of amides is 1. The van der Waals surface area contributed by atoms with Crippen LogP contribution in [0.1, 0.15) is 29.7 Å². The number of benzene rings is 2. The summed E-state index contributed by atoms with van der Waals surface area (Å²) in [6, 6.07) is 10.8. The number of fused-ring (bicyclic) bond motifs is 1. The van der Waals surface area contributed by atoms with Crippen molar-refractivity contribution in [3.05, 3.63) is 59.2 Å². The highest BCUT2D eigenvalue weighted by molar-refractivity contribution is 5.87. The lowest BCUT2D eigenvalue weighted by atomic mass is 9.90. The zero-order chi connectivity index (χ0) is 18.2. The molecular formula is C19H19F2NO3. The van der Waals surface area contributed by atoms with Crippen LogP contribution >= 0.6 is 0 Å². The molecule has 3 rings (SSSR count). The van der Waals surface area contributed by atoms with Crippen molar-refractivity contribution in [1.82, 2.24) is 4.90 Å². The third-order valence-electron chi connectivity index (χ3n) is 4.58. The number of carbonyl (C=O) groups is 1. The minimum absolute atomic E-state index is 0.0249. The van der Waals surface area contributed by atoms with Crippen molar-refractivity contribution in [2.75, 3.05) is 14.2 Å². The molecule has 2 aromatic carbocycles. The van der Waals surface area contributed by atoms with Crippen LogP contribution in [0.5, 0.6) is 11.5 Å². The van der Waals surface area contributed by atoms with E-state index in [1.165, 1.54) is 31.3 Å². The number of halogens is 2. The zero-order valence-corrected chi connectivity index (χ0v) is 14.3. The van der Waals surface area contributed by atoms with Crippen molar-refractivity contribution >= 4 is 5.91 Å². The standard InChI is InChI=1S/C19H19F2NO3/c1-12-15-6-4-5-7-16(15)19(20,21)18(23)22(12)11-13-8-9-14(24-2)10-17(13)25-3/h4-10,12H,11H2,1-3H3. The molecule has 0 saturated heterocycles. The van der Waals surface area contributed by atoms with Crippen LogP contribution in [0.15, 0.2) is 42.5 Å². The molecule has 1 aliphatic rings. The van der Waals surface area contributed by atoms with Gasteiger partial charge in [-0.15, -0.1) is 0 Å². The molecule has 0 fully saturated rings. The van der Waals surface area contributed by atoms with Crippen molar-refractivity contribution in [3.8, 4) is 11.5 Å². The number of methoxy groups -OCH3 is 2. The first-order valence-corrected chi connectivity index (χ1v) is 7.89. The Hall–Kier alpha value is -2.63. The third-order valence-corrected chi connectivity index (χ3v) is 4.58. The van der Waals surface area contributed by atoms with Crippen LogP contribution in [0, 0.1) is 0 Å². The van der Waals surface area contributed by atoms with Gasteiger partial charge < -0.3 is 14.4 Å². The van der Waals surface area contributed by atoms with Crippen molar-refractivity contribution in [1.29, 1.82) is 0 Å². The van der Waals surface area contributed by atoms with Crippen LogP contribution in [0.3, 0.4) is 0 Å². The molecule has 2 aromatic rings. The maximum atomic E-state index is 14.6. The summed E-state index contributed by atoms with van der Waals surface area (Å²) in [7, 11) is 3.02. The molecule has 0 aromatic heterocycles. The molecule has 6 heteroatoms. The summed E-state index contributed by atoms with van der Waals surface area (Å²) in [5.41, 5.74) is 0.878. The average Bonchev–Trinajstić information content (AvgIpc) is 2.64. The summed E-state index contributed by atoms with van der Waals surface area (Å²) in [6.07, 6.45) is 0.